The second kappa shape index (κ2) is 40.5. The number of quaternary nitrogens is 2. The Balaban J connectivity index is 0.000000900. The van der Waals surface area contributed by atoms with E-state index < -0.39 is 11.9 Å². The molecule has 0 amide bonds. The second-order valence-electron chi connectivity index (χ2n) is 17.9. The third-order valence-electron chi connectivity index (χ3n) is 12.3. The molecule has 0 saturated heterocycles. The van der Waals surface area contributed by atoms with Crippen LogP contribution in [0.1, 0.15) is 230 Å². The summed E-state index contributed by atoms with van der Waals surface area (Å²) in [7, 11) is 2.47. The van der Waals surface area contributed by atoms with E-state index in [1.165, 1.54) is 249 Å². The summed E-state index contributed by atoms with van der Waals surface area (Å²) in [6.45, 7) is 30.3. The Kier molecular flexibility index (Phi) is 39.2. The van der Waals surface area contributed by atoms with Gasteiger partial charge in [-0.15, -0.1) is 0 Å². The summed E-state index contributed by atoms with van der Waals surface area (Å²) < 4.78 is 2.89. The standard InChI is InChI=1S/2C20H44N.C14H10O4S2/c2*1-5-9-13-17-21(18-14-10-6-2,19-15-11-7-3)20-16-12-8-4;15-13(16)9-5-1-3-7-11(9)19-20-12-8-4-2-6-10(12)14(17)18/h2*5-20H2,1-4H3;1-8H,(H,15,16)(H,17,18)/q2*+1;. The molecule has 0 spiro atoms. The number of carbonyl (C=O) groups is 2. The fraction of sp³-hybridized carbons (Fsp3) is 0.741. The molecule has 0 unspecified atom stereocenters. The van der Waals surface area contributed by atoms with Gasteiger partial charge in [0.25, 0.3) is 0 Å². The molecule has 6 nitrogen and oxygen atoms in total. The summed E-state index contributed by atoms with van der Waals surface area (Å²) in [5, 5.41) is 18.2. The van der Waals surface area contributed by atoms with E-state index >= 15 is 0 Å². The van der Waals surface area contributed by atoms with Crippen molar-refractivity contribution in [1.82, 2.24) is 0 Å². The van der Waals surface area contributed by atoms with Crippen LogP contribution in [0.15, 0.2) is 58.3 Å². The van der Waals surface area contributed by atoms with Crippen molar-refractivity contribution in [2.45, 2.75) is 219 Å². The maximum absolute atomic E-state index is 11.1. The molecule has 2 rings (SSSR count). The highest BCUT2D eigenvalue weighted by atomic mass is 33.1. The Morgan fingerprint density at radius 3 is 0.726 bits per heavy atom. The van der Waals surface area contributed by atoms with Crippen LogP contribution >= 0.6 is 21.6 Å². The molecule has 0 aromatic heterocycles. The number of carboxylic acids is 2. The van der Waals surface area contributed by atoms with Gasteiger partial charge in [-0.2, -0.15) is 0 Å². The van der Waals surface area contributed by atoms with E-state index in [0.717, 1.165) is 0 Å². The van der Waals surface area contributed by atoms with Crippen molar-refractivity contribution in [1.29, 1.82) is 0 Å². The molecule has 0 aliphatic heterocycles. The van der Waals surface area contributed by atoms with Gasteiger partial charge < -0.3 is 19.2 Å². The Hall–Kier alpha value is -2.00. The predicted octanol–water partition coefficient (Wildman–Crippen LogP) is 17.0. The minimum absolute atomic E-state index is 0.206. The lowest BCUT2D eigenvalue weighted by Gasteiger charge is -2.39. The number of hydrogen-bond acceptors (Lipinski definition) is 4. The molecule has 0 bridgehead atoms. The van der Waals surface area contributed by atoms with Crippen molar-refractivity contribution in [2.75, 3.05) is 52.4 Å². The van der Waals surface area contributed by atoms with Crippen LogP contribution in [-0.4, -0.2) is 83.5 Å². The number of nitrogens with zero attached hydrogens (tertiary/aromatic N) is 2. The molecule has 8 heteroatoms. The third kappa shape index (κ3) is 28.7. The SMILES string of the molecule is CCCCC[N+](CCCCC)(CCCCC)CCCCC.CCCCC[N+](CCCCC)(CCCCC)CCCCC.O=C(O)c1ccccc1SSc1ccccc1C(=O)O. The zero-order valence-corrected chi connectivity index (χ0v) is 43.3. The first kappa shape index (κ1) is 60.0. The molecule has 0 aliphatic rings. The molecule has 62 heavy (non-hydrogen) atoms. The van der Waals surface area contributed by atoms with E-state index in [-0.39, 0.29) is 11.1 Å². The number of rotatable bonds is 37. The first-order chi connectivity index (χ1) is 30.1. The fourth-order valence-corrected chi connectivity index (χ4v) is 10.8. The summed E-state index contributed by atoms with van der Waals surface area (Å²) in [6.07, 6.45) is 33.8. The number of hydrogen-bond donors (Lipinski definition) is 2. The lowest BCUT2D eigenvalue weighted by atomic mass is 10.1. The zero-order valence-electron chi connectivity index (χ0n) is 41.7. The summed E-state index contributed by atoms with van der Waals surface area (Å²) in [5.74, 6) is -2.00. The van der Waals surface area contributed by atoms with Gasteiger partial charge in [0, 0.05) is 9.79 Å². The number of benzene rings is 2. The summed E-state index contributed by atoms with van der Waals surface area (Å²) >= 11 is 0. The van der Waals surface area contributed by atoms with Gasteiger partial charge in [0.05, 0.1) is 63.5 Å². The predicted molar refractivity (Wildman–Crippen MR) is 274 cm³/mol. The third-order valence-corrected chi connectivity index (χ3v) is 14.8. The second-order valence-corrected chi connectivity index (χ2v) is 20.1. The van der Waals surface area contributed by atoms with Crippen molar-refractivity contribution in [3.63, 3.8) is 0 Å². The number of carboxylic acid groups (broad SMARTS) is 2. The fourth-order valence-electron chi connectivity index (χ4n) is 8.44. The van der Waals surface area contributed by atoms with Crippen molar-refractivity contribution in [2.24, 2.45) is 0 Å². The first-order valence-electron chi connectivity index (χ1n) is 25.8. The van der Waals surface area contributed by atoms with E-state index in [4.69, 9.17) is 10.2 Å². The number of unbranched alkanes of at least 4 members (excludes halogenated alkanes) is 16. The molecular weight excluding hydrogens is 805 g/mol. The average Bonchev–Trinajstić information content (AvgIpc) is 3.27. The van der Waals surface area contributed by atoms with Gasteiger partial charge in [0.15, 0.2) is 0 Å². The largest absolute Gasteiger partial charge is 0.478 e. The monoisotopic (exact) mass is 903 g/mol. The van der Waals surface area contributed by atoms with Crippen LogP contribution in [0.25, 0.3) is 0 Å². The molecule has 0 aliphatic carbocycles. The zero-order chi connectivity index (χ0) is 46.2. The average molecular weight is 904 g/mol. The van der Waals surface area contributed by atoms with E-state index in [1.807, 2.05) is 0 Å². The molecule has 0 radical (unpaired) electrons. The normalized spacial score (nSPS) is 11.4. The molecular formula is C54H98N2O4S2+2. The maximum atomic E-state index is 11.1. The molecule has 2 aromatic rings. The Morgan fingerprint density at radius 2 is 0.548 bits per heavy atom. The minimum atomic E-state index is -1.000. The van der Waals surface area contributed by atoms with Crippen molar-refractivity contribution in [3.05, 3.63) is 59.7 Å². The summed E-state index contributed by atoms with van der Waals surface area (Å²) in [5.41, 5.74) is 0.413. The van der Waals surface area contributed by atoms with E-state index in [0.29, 0.717) is 9.79 Å². The lowest BCUT2D eigenvalue weighted by Crippen LogP contribution is -2.50. The lowest BCUT2D eigenvalue weighted by molar-refractivity contribution is -0.929. The van der Waals surface area contributed by atoms with Crippen LogP contribution in [-0.2, 0) is 0 Å². The van der Waals surface area contributed by atoms with Crippen molar-refractivity contribution < 1.29 is 28.8 Å². The molecule has 0 fully saturated rings. The Bertz CT molecular complexity index is 1160. The molecule has 0 heterocycles. The maximum Gasteiger partial charge on any atom is 0.336 e. The van der Waals surface area contributed by atoms with Gasteiger partial charge in [-0.05, 0) is 127 Å². The molecule has 2 aromatic carbocycles. The van der Waals surface area contributed by atoms with E-state index in [1.54, 1.807) is 36.4 Å². The van der Waals surface area contributed by atoms with Crippen LogP contribution in [0.5, 0.6) is 0 Å². The Labute approximate surface area is 391 Å². The van der Waals surface area contributed by atoms with Crippen LogP contribution in [0.3, 0.4) is 0 Å². The van der Waals surface area contributed by atoms with Crippen LogP contribution in [0.2, 0.25) is 0 Å². The van der Waals surface area contributed by atoms with E-state index in [2.05, 4.69) is 55.4 Å². The van der Waals surface area contributed by atoms with Crippen molar-refractivity contribution in [3.8, 4) is 0 Å². The molecule has 0 atom stereocenters. The molecule has 358 valence electrons. The minimum Gasteiger partial charge on any atom is -0.478 e. The molecule has 0 saturated carbocycles. The smallest absolute Gasteiger partial charge is 0.336 e. The van der Waals surface area contributed by atoms with Crippen LogP contribution in [0, 0.1) is 0 Å². The highest BCUT2D eigenvalue weighted by Crippen LogP contribution is 2.40. The number of aromatic carboxylic acids is 2. The van der Waals surface area contributed by atoms with Crippen molar-refractivity contribution >= 4 is 33.5 Å². The Morgan fingerprint density at radius 1 is 0.355 bits per heavy atom. The van der Waals surface area contributed by atoms with Gasteiger partial charge in [0.1, 0.15) is 0 Å². The topological polar surface area (TPSA) is 74.6 Å². The van der Waals surface area contributed by atoms with Crippen LogP contribution in [0.4, 0.5) is 0 Å². The van der Waals surface area contributed by atoms with E-state index in [9.17, 15) is 9.59 Å². The van der Waals surface area contributed by atoms with Gasteiger partial charge in [-0.1, -0.05) is 153 Å². The highest BCUT2D eigenvalue weighted by Gasteiger charge is 2.26. The quantitative estimate of drug-likeness (QED) is 0.0400. The summed E-state index contributed by atoms with van der Waals surface area (Å²) in [4.78, 5) is 23.4. The summed E-state index contributed by atoms with van der Waals surface area (Å²) in [6, 6.07) is 13.3. The van der Waals surface area contributed by atoms with Gasteiger partial charge in [-0.3, -0.25) is 0 Å². The van der Waals surface area contributed by atoms with Gasteiger partial charge >= 0.3 is 11.9 Å². The highest BCUT2D eigenvalue weighted by molar-refractivity contribution is 8.76. The van der Waals surface area contributed by atoms with Gasteiger partial charge in [0.2, 0.25) is 0 Å². The van der Waals surface area contributed by atoms with Gasteiger partial charge in [-0.25, -0.2) is 9.59 Å². The first-order valence-corrected chi connectivity index (χ1v) is 27.9. The molecule has 2 N–H and O–H groups in total. The van der Waals surface area contributed by atoms with Crippen LogP contribution < -0.4 is 0 Å².